The highest BCUT2D eigenvalue weighted by atomic mass is 35.5. The number of aromatic nitrogens is 2. The highest BCUT2D eigenvalue weighted by Crippen LogP contribution is 2.32. The molecular weight excluding hydrogens is 484 g/mol. The van der Waals surface area contributed by atoms with Gasteiger partial charge in [0.25, 0.3) is 5.91 Å². The van der Waals surface area contributed by atoms with Crippen molar-refractivity contribution < 1.29 is 18.3 Å². The topological polar surface area (TPSA) is 65.3 Å². The van der Waals surface area contributed by atoms with E-state index in [0.29, 0.717) is 16.7 Å². The molecule has 10 heteroatoms. The van der Waals surface area contributed by atoms with Crippen LogP contribution in [0.15, 0.2) is 41.2 Å². The molecule has 1 saturated heterocycles. The maximum Gasteiger partial charge on any atom is 0.387 e. The van der Waals surface area contributed by atoms with E-state index in [1.165, 1.54) is 27.3 Å². The maximum atomic E-state index is 13.4. The van der Waals surface area contributed by atoms with Gasteiger partial charge in [0.2, 0.25) is 0 Å². The van der Waals surface area contributed by atoms with Crippen LogP contribution in [0.2, 0.25) is 5.02 Å². The zero-order chi connectivity index (χ0) is 24.6. The highest BCUT2D eigenvalue weighted by molar-refractivity contribution is 7.99. The summed E-state index contributed by atoms with van der Waals surface area (Å²) in [5, 5.41) is 3.30. The van der Waals surface area contributed by atoms with Crippen molar-refractivity contribution in [3.8, 4) is 11.4 Å². The lowest BCUT2D eigenvalue weighted by atomic mass is 9.94. The molecule has 0 radical (unpaired) electrons. The van der Waals surface area contributed by atoms with Crippen LogP contribution < -0.4 is 15.7 Å². The van der Waals surface area contributed by atoms with Gasteiger partial charge in [-0.15, -0.1) is 0 Å². The predicted molar refractivity (Wildman–Crippen MR) is 132 cm³/mol. The molecule has 1 N–H and O–H groups in total. The first-order valence-corrected chi connectivity index (χ1v) is 12.6. The predicted octanol–water partition coefficient (Wildman–Crippen LogP) is 5.64. The molecule has 0 atom stereocenters. The number of benzene rings is 2. The second kappa shape index (κ2) is 9.62. The molecule has 0 unspecified atom stereocenters. The largest absolute Gasteiger partial charge is 0.435 e. The Morgan fingerprint density at radius 2 is 1.91 bits per heavy atom. The first-order chi connectivity index (χ1) is 16.1. The zero-order valence-corrected chi connectivity index (χ0v) is 20.7. The standard InChI is InChI=1S/C24H26ClF2N3O3S/c1-14(2)29-20-18(30(23(29)32)15-5-4-6-16(13-15)33-22(26)27)8-7-17(19(20)25)21(31)28-24(3)9-11-34-12-10-24/h4-8,13-14,22H,9-12H2,1-3H3,(H,28,31). The molecule has 4 rings (SSSR count). The van der Waals surface area contributed by atoms with Gasteiger partial charge in [0.1, 0.15) is 5.75 Å². The van der Waals surface area contributed by atoms with E-state index in [0.717, 1.165) is 24.3 Å². The van der Waals surface area contributed by atoms with Crippen molar-refractivity contribution in [1.82, 2.24) is 14.5 Å². The van der Waals surface area contributed by atoms with E-state index in [9.17, 15) is 18.4 Å². The van der Waals surface area contributed by atoms with Gasteiger partial charge in [0.05, 0.1) is 27.3 Å². The Balaban J connectivity index is 1.83. The molecular formula is C24H26ClF2N3O3S. The van der Waals surface area contributed by atoms with Crippen molar-refractivity contribution in [1.29, 1.82) is 0 Å². The molecule has 0 bridgehead atoms. The number of amides is 1. The van der Waals surface area contributed by atoms with Gasteiger partial charge < -0.3 is 10.1 Å². The third-order valence-corrected chi connectivity index (χ3v) is 7.42. The number of carbonyl (C=O) groups is 1. The number of alkyl halides is 2. The summed E-state index contributed by atoms with van der Waals surface area (Å²) in [5.41, 5.74) is 0.821. The molecule has 2 heterocycles. The quantitative estimate of drug-likeness (QED) is 0.467. The minimum atomic E-state index is -2.98. The molecule has 2 aromatic carbocycles. The number of nitrogens with one attached hydrogen (secondary N) is 1. The van der Waals surface area contributed by atoms with E-state index < -0.39 is 12.3 Å². The lowest BCUT2D eigenvalue weighted by molar-refractivity contribution is -0.0498. The monoisotopic (exact) mass is 509 g/mol. The molecule has 0 spiro atoms. The first kappa shape index (κ1) is 24.6. The van der Waals surface area contributed by atoms with Crippen molar-refractivity contribution in [3.63, 3.8) is 0 Å². The Labute approximate surface area is 205 Å². The van der Waals surface area contributed by atoms with Gasteiger partial charge >= 0.3 is 12.3 Å². The Morgan fingerprint density at radius 1 is 1.21 bits per heavy atom. The number of thioether (sulfide) groups is 1. The first-order valence-electron chi connectivity index (χ1n) is 11.0. The summed E-state index contributed by atoms with van der Waals surface area (Å²) in [6, 6.07) is 8.92. The number of fused-ring (bicyclic) bond motifs is 1. The molecule has 1 amide bonds. The summed E-state index contributed by atoms with van der Waals surface area (Å²) in [5.74, 6) is 1.61. The second-order valence-electron chi connectivity index (χ2n) is 8.88. The Morgan fingerprint density at radius 3 is 2.56 bits per heavy atom. The average Bonchev–Trinajstić information content (AvgIpc) is 3.06. The van der Waals surface area contributed by atoms with Crippen LogP contribution in [0.5, 0.6) is 5.75 Å². The van der Waals surface area contributed by atoms with Gasteiger partial charge in [-0.05, 0) is 69.4 Å². The minimum absolute atomic E-state index is 0.0640. The zero-order valence-electron chi connectivity index (χ0n) is 19.1. The average molecular weight is 510 g/mol. The van der Waals surface area contributed by atoms with Crippen LogP contribution in [0, 0.1) is 0 Å². The highest BCUT2D eigenvalue weighted by Gasteiger charge is 2.31. The fourth-order valence-corrected chi connectivity index (χ4v) is 5.99. The fraction of sp³-hybridized carbons (Fsp3) is 0.417. The number of imidazole rings is 1. The van der Waals surface area contributed by atoms with Crippen molar-refractivity contribution >= 4 is 40.3 Å². The van der Waals surface area contributed by atoms with E-state index >= 15 is 0 Å². The number of halogens is 3. The molecule has 0 saturated carbocycles. The van der Waals surface area contributed by atoms with Crippen molar-refractivity contribution in [3.05, 3.63) is 57.5 Å². The Hall–Kier alpha value is -2.52. The molecule has 1 aliphatic rings. The molecule has 34 heavy (non-hydrogen) atoms. The van der Waals surface area contributed by atoms with Crippen LogP contribution >= 0.6 is 23.4 Å². The number of carbonyl (C=O) groups excluding carboxylic acids is 1. The van der Waals surface area contributed by atoms with E-state index in [-0.39, 0.29) is 33.8 Å². The van der Waals surface area contributed by atoms with Crippen molar-refractivity contribution in [2.45, 2.75) is 51.8 Å². The summed E-state index contributed by atoms with van der Waals surface area (Å²) in [4.78, 5) is 26.6. The summed E-state index contributed by atoms with van der Waals surface area (Å²) < 4.78 is 32.8. The minimum Gasteiger partial charge on any atom is -0.435 e. The smallest absolute Gasteiger partial charge is 0.387 e. The maximum absolute atomic E-state index is 13.4. The van der Waals surface area contributed by atoms with Gasteiger partial charge in [-0.1, -0.05) is 17.7 Å². The van der Waals surface area contributed by atoms with E-state index in [4.69, 9.17) is 11.6 Å². The van der Waals surface area contributed by atoms with E-state index in [1.54, 1.807) is 18.2 Å². The summed E-state index contributed by atoms with van der Waals surface area (Å²) >= 11 is 8.63. The van der Waals surface area contributed by atoms with E-state index in [2.05, 4.69) is 10.1 Å². The Bertz CT molecular complexity index is 1280. The Kier molecular flexibility index (Phi) is 6.96. The molecule has 0 aliphatic carbocycles. The number of nitrogens with zero attached hydrogens (tertiary/aromatic N) is 2. The van der Waals surface area contributed by atoms with Gasteiger partial charge in [0.15, 0.2) is 0 Å². The molecule has 1 aromatic heterocycles. The second-order valence-corrected chi connectivity index (χ2v) is 10.5. The number of hydrogen-bond acceptors (Lipinski definition) is 4. The molecule has 1 fully saturated rings. The lowest BCUT2D eigenvalue weighted by Gasteiger charge is -2.34. The van der Waals surface area contributed by atoms with Gasteiger partial charge in [-0.25, -0.2) is 4.79 Å². The molecule has 6 nitrogen and oxygen atoms in total. The molecule has 182 valence electrons. The van der Waals surface area contributed by atoms with Crippen LogP contribution in [-0.4, -0.2) is 38.7 Å². The van der Waals surface area contributed by atoms with Gasteiger partial charge in [-0.3, -0.25) is 13.9 Å². The number of hydrogen-bond donors (Lipinski definition) is 1. The SMILES string of the molecule is CC(C)n1c(=O)n(-c2cccc(OC(F)F)c2)c2ccc(C(=O)NC3(C)CCSCC3)c(Cl)c21. The van der Waals surface area contributed by atoms with Crippen LogP contribution in [0.1, 0.15) is 50.0 Å². The summed E-state index contributed by atoms with van der Waals surface area (Å²) in [6.07, 6.45) is 1.74. The summed E-state index contributed by atoms with van der Waals surface area (Å²) in [6.45, 7) is 2.73. The lowest BCUT2D eigenvalue weighted by Crippen LogP contribution is -2.48. The van der Waals surface area contributed by atoms with E-state index in [1.807, 2.05) is 32.5 Å². The fourth-order valence-electron chi connectivity index (χ4n) is 4.26. The molecule has 1 aliphatic heterocycles. The van der Waals surface area contributed by atoms with Crippen molar-refractivity contribution in [2.75, 3.05) is 11.5 Å². The molecule has 3 aromatic rings. The van der Waals surface area contributed by atoms with Crippen LogP contribution in [0.4, 0.5) is 8.78 Å². The number of rotatable bonds is 6. The van der Waals surface area contributed by atoms with Gasteiger partial charge in [-0.2, -0.15) is 20.5 Å². The van der Waals surface area contributed by atoms with Crippen molar-refractivity contribution in [2.24, 2.45) is 0 Å². The van der Waals surface area contributed by atoms with Crippen LogP contribution in [0.25, 0.3) is 16.7 Å². The third kappa shape index (κ3) is 4.68. The normalized spacial score (nSPS) is 15.8. The van der Waals surface area contributed by atoms with Crippen LogP contribution in [-0.2, 0) is 0 Å². The van der Waals surface area contributed by atoms with Crippen LogP contribution in [0.3, 0.4) is 0 Å². The number of ether oxygens (including phenoxy) is 1. The van der Waals surface area contributed by atoms with Gasteiger partial charge in [0, 0.05) is 17.6 Å². The third-order valence-electron chi connectivity index (χ3n) is 6.05. The summed E-state index contributed by atoms with van der Waals surface area (Å²) in [7, 11) is 0.